The fourth-order valence-electron chi connectivity index (χ4n) is 2.41. The molecule has 0 spiro atoms. The van der Waals surface area contributed by atoms with Crippen LogP contribution in [0.25, 0.3) is 11.4 Å². The number of carbonyl (C=O) groups is 1. The molecule has 146 valence electrons. The summed E-state index contributed by atoms with van der Waals surface area (Å²) >= 11 is 0. The predicted molar refractivity (Wildman–Crippen MR) is 104 cm³/mol. The Morgan fingerprint density at radius 3 is 2.56 bits per heavy atom. The number of hydrogen-bond donors (Lipinski definition) is 1. The molecule has 0 bridgehead atoms. The second-order valence-corrected chi connectivity index (χ2v) is 7.30. The summed E-state index contributed by atoms with van der Waals surface area (Å²) in [5, 5.41) is 6.61. The maximum absolute atomic E-state index is 11.6. The minimum atomic E-state index is -0.264. The van der Waals surface area contributed by atoms with Gasteiger partial charge < -0.3 is 19.5 Å². The lowest BCUT2D eigenvalue weighted by molar-refractivity contribution is 0.00922. The van der Waals surface area contributed by atoms with E-state index in [4.69, 9.17) is 9.26 Å². The summed E-state index contributed by atoms with van der Waals surface area (Å²) in [6.07, 6.45) is 1.50. The van der Waals surface area contributed by atoms with Gasteiger partial charge in [-0.1, -0.05) is 17.3 Å². The highest BCUT2D eigenvalue weighted by molar-refractivity contribution is 5.94. The van der Waals surface area contributed by atoms with E-state index in [2.05, 4.69) is 22.0 Å². The zero-order valence-corrected chi connectivity index (χ0v) is 16.7. The largest absolute Gasteiger partial charge is 0.474 e. The van der Waals surface area contributed by atoms with Gasteiger partial charge in [0.1, 0.15) is 5.60 Å². The molecule has 0 fully saturated rings. The molecule has 0 unspecified atom stereocenters. The van der Waals surface area contributed by atoms with E-state index < -0.39 is 0 Å². The van der Waals surface area contributed by atoms with Crippen LogP contribution in [0.5, 0.6) is 0 Å². The summed E-state index contributed by atoms with van der Waals surface area (Å²) in [6, 6.07) is 7.08. The van der Waals surface area contributed by atoms with Gasteiger partial charge in [0.25, 0.3) is 5.91 Å². The minimum Gasteiger partial charge on any atom is -0.474 e. The number of aryl methyl sites for hydroxylation is 1. The number of amides is 1. The first-order chi connectivity index (χ1) is 12.7. The second-order valence-electron chi connectivity index (χ2n) is 7.30. The molecule has 0 atom stereocenters. The quantitative estimate of drug-likeness (QED) is 0.717. The average molecular weight is 372 g/mol. The first-order valence-electron chi connectivity index (χ1n) is 8.94. The molecule has 1 heterocycles. The fraction of sp³-hybridized carbons (Fsp3) is 0.450. The zero-order chi connectivity index (χ0) is 20.0. The maximum atomic E-state index is 11.6. The summed E-state index contributed by atoms with van der Waals surface area (Å²) in [5.41, 5.74) is 1.13. The molecule has 0 saturated carbocycles. The van der Waals surface area contributed by atoms with Crippen molar-refractivity contribution in [3.63, 3.8) is 0 Å². The molecular weight excluding hydrogens is 344 g/mol. The van der Waals surface area contributed by atoms with Gasteiger partial charge in [-0.25, -0.2) is 0 Å². The van der Waals surface area contributed by atoms with Crippen LogP contribution in [0.2, 0.25) is 0 Å². The van der Waals surface area contributed by atoms with Crippen LogP contribution in [0, 0.1) is 0 Å². The number of nitrogens with one attached hydrogen (secondary N) is 1. The van der Waals surface area contributed by atoms with E-state index in [-0.39, 0.29) is 11.5 Å². The van der Waals surface area contributed by atoms with Crippen molar-refractivity contribution in [2.45, 2.75) is 39.2 Å². The lowest BCUT2D eigenvalue weighted by atomic mass is 10.1. The number of nitrogens with zero attached hydrogens (tertiary/aromatic N) is 3. The van der Waals surface area contributed by atoms with Crippen LogP contribution in [-0.4, -0.2) is 47.2 Å². The van der Waals surface area contributed by atoms with Crippen molar-refractivity contribution < 1.29 is 14.1 Å². The Kier molecular flexibility index (Phi) is 6.60. The molecule has 0 radical (unpaired) electrons. The highest BCUT2D eigenvalue weighted by Gasteiger charge is 2.15. The summed E-state index contributed by atoms with van der Waals surface area (Å²) in [4.78, 5) is 18.0. The van der Waals surface area contributed by atoms with Crippen LogP contribution < -0.4 is 5.32 Å². The van der Waals surface area contributed by atoms with Gasteiger partial charge >= 0.3 is 0 Å². The smallest absolute Gasteiger partial charge is 0.251 e. The van der Waals surface area contributed by atoms with Crippen LogP contribution >= 0.6 is 0 Å². The number of hydrogen-bond acceptors (Lipinski definition) is 6. The predicted octanol–water partition coefficient (Wildman–Crippen LogP) is 3.25. The Morgan fingerprint density at radius 1 is 1.30 bits per heavy atom. The number of benzene rings is 1. The SMILES string of the molecule is C=C(OC(C)(C)C)N(C)CCCc1nc(-c2ccc(C(=O)NC)cc2)no1. The average Bonchev–Trinajstić information content (AvgIpc) is 3.08. The van der Waals surface area contributed by atoms with Crippen molar-refractivity contribution in [3.8, 4) is 11.4 Å². The number of rotatable bonds is 8. The third kappa shape index (κ3) is 6.13. The van der Waals surface area contributed by atoms with E-state index in [0.717, 1.165) is 18.5 Å². The Balaban J connectivity index is 1.87. The number of carbonyl (C=O) groups excluding carboxylic acids is 1. The molecule has 7 nitrogen and oxygen atoms in total. The van der Waals surface area contributed by atoms with Gasteiger partial charge in [-0.2, -0.15) is 4.98 Å². The lowest BCUT2D eigenvalue weighted by Crippen LogP contribution is -2.27. The highest BCUT2D eigenvalue weighted by atomic mass is 16.5. The standard InChI is InChI=1S/C20H28N4O3/c1-14(26-20(2,3)4)24(6)13-7-8-17-22-18(23-27-17)15-9-11-16(12-10-15)19(25)21-5/h9-12H,1,7-8,13H2,2-6H3,(H,21,25). The van der Waals surface area contributed by atoms with E-state index in [0.29, 0.717) is 29.6 Å². The van der Waals surface area contributed by atoms with E-state index in [1.54, 1.807) is 31.3 Å². The number of aromatic nitrogens is 2. The van der Waals surface area contributed by atoms with Crippen molar-refractivity contribution in [3.05, 3.63) is 48.2 Å². The van der Waals surface area contributed by atoms with Crippen molar-refractivity contribution in [1.82, 2.24) is 20.4 Å². The molecule has 27 heavy (non-hydrogen) atoms. The van der Waals surface area contributed by atoms with Crippen LogP contribution in [0.4, 0.5) is 0 Å². The first-order valence-corrected chi connectivity index (χ1v) is 8.94. The van der Waals surface area contributed by atoms with Crippen LogP contribution in [0.1, 0.15) is 43.4 Å². The molecule has 1 amide bonds. The van der Waals surface area contributed by atoms with Crippen molar-refractivity contribution in [1.29, 1.82) is 0 Å². The van der Waals surface area contributed by atoms with E-state index in [9.17, 15) is 4.79 Å². The summed E-state index contributed by atoms with van der Waals surface area (Å²) in [5.74, 6) is 1.61. The van der Waals surface area contributed by atoms with Crippen LogP contribution in [-0.2, 0) is 11.2 Å². The second kappa shape index (κ2) is 8.70. The van der Waals surface area contributed by atoms with Crippen molar-refractivity contribution >= 4 is 5.91 Å². The lowest BCUT2D eigenvalue weighted by Gasteiger charge is -2.28. The van der Waals surface area contributed by atoms with E-state index in [1.165, 1.54) is 0 Å². The third-order valence-electron chi connectivity index (χ3n) is 3.83. The molecular formula is C20H28N4O3. The van der Waals surface area contributed by atoms with Crippen LogP contribution in [0.15, 0.2) is 41.3 Å². The topological polar surface area (TPSA) is 80.5 Å². The van der Waals surface area contributed by atoms with Gasteiger partial charge in [0, 0.05) is 38.2 Å². The van der Waals surface area contributed by atoms with Gasteiger partial charge in [-0.15, -0.1) is 0 Å². The number of ether oxygens (including phenoxy) is 1. The third-order valence-corrected chi connectivity index (χ3v) is 3.83. The van der Waals surface area contributed by atoms with Crippen molar-refractivity contribution in [2.75, 3.05) is 20.6 Å². The first kappa shape index (κ1) is 20.5. The highest BCUT2D eigenvalue weighted by Crippen LogP contribution is 2.18. The van der Waals surface area contributed by atoms with Gasteiger partial charge in [-0.05, 0) is 45.9 Å². The molecule has 7 heteroatoms. The van der Waals surface area contributed by atoms with Gasteiger partial charge in [0.05, 0.1) is 0 Å². The Morgan fingerprint density at radius 2 is 1.96 bits per heavy atom. The molecule has 0 aliphatic rings. The van der Waals surface area contributed by atoms with Crippen molar-refractivity contribution in [2.24, 2.45) is 0 Å². The summed E-state index contributed by atoms with van der Waals surface area (Å²) in [6.45, 7) is 10.7. The molecule has 2 aromatic rings. The van der Waals surface area contributed by atoms with Gasteiger partial charge in [-0.3, -0.25) is 4.79 Å². The van der Waals surface area contributed by atoms with E-state index in [1.807, 2.05) is 32.7 Å². The van der Waals surface area contributed by atoms with Gasteiger partial charge in [0.15, 0.2) is 5.88 Å². The summed E-state index contributed by atoms with van der Waals surface area (Å²) in [7, 11) is 3.55. The fourth-order valence-corrected chi connectivity index (χ4v) is 2.41. The Labute approximate surface area is 160 Å². The molecule has 1 N–H and O–H groups in total. The molecule has 0 aliphatic heterocycles. The Bertz CT molecular complexity index is 775. The molecule has 0 aliphatic carbocycles. The van der Waals surface area contributed by atoms with Gasteiger partial charge in [0.2, 0.25) is 11.7 Å². The molecule has 0 saturated heterocycles. The normalized spacial score (nSPS) is 11.1. The van der Waals surface area contributed by atoms with Crippen LogP contribution in [0.3, 0.4) is 0 Å². The molecule has 1 aromatic heterocycles. The Hall–Kier alpha value is -2.83. The summed E-state index contributed by atoms with van der Waals surface area (Å²) < 4.78 is 11.1. The maximum Gasteiger partial charge on any atom is 0.251 e. The molecule has 1 aromatic carbocycles. The monoisotopic (exact) mass is 372 g/mol. The minimum absolute atomic E-state index is 0.128. The van der Waals surface area contributed by atoms with E-state index >= 15 is 0 Å². The zero-order valence-electron chi connectivity index (χ0n) is 16.7. The molecule has 2 rings (SSSR count).